The van der Waals surface area contributed by atoms with E-state index in [-0.39, 0.29) is 5.41 Å². The Morgan fingerprint density at radius 3 is 2.48 bits per heavy atom. The van der Waals surface area contributed by atoms with Crippen LogP contribution in [0.2, 0.25) is 0 Å². The van der Waals surface area contributed by atoms with Crippen LogP contribution in [0.1, 0.15) is 43.5 Å². The minimum atomic E-state index is -4.38. The van der Waals surface area contributed by atoms with Crippen LogP contribution in [0.3, 0.4) is 0 Å². The van der Waals surface area contributed by atoms with Gasteiger partial charge in [0.15, 0.2) is 5.65 Å². The molecule has 0 spiro atoms. The number of hydrogen-bond acceptors (Lipinski definition) is 3. The lowest BCUT2D eigenvalue weighted by Crippen LogP contribution is -2.39. The van der Waals surface area contributed by atoms with Crippen molar-refractivity contribution in [1.29, 1.82) is 0 Å². The number of pyridine rings is 1. The third-order valence-electron chi connectivity index (χ3n) is 4.41. The fourth-order valence-corrected chi connectivity index (χ4v) is 3.17. The minimum absolute atomic E-state index is 0.359. The van der Waals surface area contributed by atoms with Crippen molar-refractivity contribution in [2.75, 3.05) is 6.54 Å². The van der Waals surface area contributed by atoms with E-state index in [1.807, 2.05) is 0 Å². The predicted molar refractivity (Wildman–Crippen MR) is 71.8 cm³/mol. The Kier molecular flexibility index (Phi) is 3.39. The smallest absolute Gasteiger partial charge is 0.329 e. The van der Waals surface area contributed by atoms with E-state index in [9.17, 15) is 13.2 Å². The van der Waals surface area contributed by atoms with E-state index in [1.165, 1.54) is 10.5 Å². The zero-order valence-electron chi connectivity index (χ0n) is 11.5. The van der Waals surface area contributed by atoms with Crippen LogP contribution < -0.4 is 5.73 Å². The second-order valence-corrected chi connectivity index (χ2v) is 5.71. The molecule has 1 aliphatic rings. The molecule has 0 atom stereocenters. The summed E-state index contributed by atoms with van der Waals surface area (Å²) in [7, 11) is 0. The van der Waals surface area contributed by atoms with Gasteiger partial charge in [0.1, 0.15) is 5.82 Å². The fraction of sp³-hybridized carbons (Fsp3) is 0.571. The maximum atomic E-state index is 12.9. The first-order chi connectivity index (χ1) is 9.96. The molecule has 0 saturated heterocycles. The number of alkyl halides is 3. The van der Waals surface area contributed by atoms with Crippen LogP contribution in [-0.2, 0) is 11.6 Å². The van der Waals surface area contributed by atoms with E-state index in [4.69, 9.17) is 5.73 Å². The molecule has 0 unspecified atom stereocenters. The highest BCUT2D eigenvalue weighted by molar-refractivity contribution is 5.41. The molecule has 1 saturated carbocycles. The molecule has 7 heteroatoms. The number of halogens is 3. The summed E-state index contributed by atoms with van der Waals surface area (Å²) < 4.78 is 40.1. The number of nitrogens with two attached hydrogens (primary N) is 1. The molecular formula is C14H17F3N4. The lowest BCUT2D eigenvalue weighted by Gasteiger charge is -2.34. The van der Waals surface area contributed by atoms with Gasteiger partial charge in [-0.25, -0.2) is 0 Å². The van der Waals surface area contributed by atoms with Crippen LogP contribution in [0, 0.1) is 0 Å². The van der Waals surface area contributed by atoms with Crippen LogP contribution in [0.25, 0.3) is 5.65 Å². The SMILES string of the molecule is NCC1(c2nnc3ccc(C(F)(F)F)cn23)CCCCC1. The van der Waals surface area contributed by atoms with Gasteiger partial charge in [-0.3, -0.25) is 4.40 Å². The number of hydrogen-bond donors (Lipinski definition) is 1. The average Bonchev–Trinajstić information content (AvgIpc) is 2.90. The maximum Gasteiger partial charge on any atom is 0.417 e. The van der Waals surface area contributed by atoms with Crippen molar-refractivity contribution in [3.8, 4) is 0 Å². The summed E-state index contributed by atoms with van der Waals surface area (Å²) in [4.78, 5) is 0. The summed E-state index contributed by atoms with van der Waals surface area (Å²) in [5, 5.41) is 8.15. The van der Waals surface area contributed by atoms with Gasteiger partial charge in [0.2, 0.25) is 0 Å². The van der Waals surface area contributed by atoms with Crippen molar-refractivity contribution in [3.63, 3.8) is 0 Å². The summed E-state index contributed by atoms with van der Waals surface area (Å²) in [5.41, 5.74) is 5.31. The van der Waals surface area contributed by atoms with Gasteiger partial charge in [0.05, 0.1) is 5.56 Å². The first kappa shape index (κ1) is 14.3. The number of fused-ring (bicyclic) bond motifs is 1. The van der Waals surface area contributed by atoms with E-state index in [1.54, 1.807) is 0 Å². The van der Waals surface area contributed by atoms with Gasteiger partial charge >= 0.3 is 6.18 Å². The maximum absolute atomic E-state index is 12.9. The molecule has 2 aromatic heterocycles. The van der Waals surface area contributed by atoms with Gasteiger partial charge < -0.3 is 5.73 Å². The van der Waals surface area contributed by atoms with E-state index in [0.717, 1.165) is 44.4 Å². The van der Waals surface area contributed by atoms with Crippen LogP contribution in [0.4, 0.5) is 13.2 Å². The van der Waals surface area contributed by atoms with Crippen molar-refractivity contribution in [2.24, 2.45) is 5.73 Å². The fourth-order valence-electron chi connectivity index (χ4n) is 3.17. The van der Waals surface area contributed by atoms with Crippen LogP contribution >= 0.6 is 0 Å². The number of aromatic nitrogens is 3. The lowest BCUT2D eigenvalue weighted by molar-refractivity contribution is -0.137. The molecular weight excluding hydrogens is 281 g/mol. The van der Waals surface area contributed by atoms with Crippen molar-refractivity contribution in [3.05, 3.63) is 29.7 Å². The number of nitrogens with zero attached hydrogens (tertiary/aromatic N) is 3. The Hall–Kier alpha value is -1.63. The van der Waals surface area contributed by atoms with E-state index in [2.05, 4.69) is 10.2 Å². The highest BCUT2D eigenvalue weighted by Crippen LogP contribution is 2.38. The van der Waals surface area contributed by atoms with Crippen molar-refractivity contribution < 1.29 is 13.2 Å². The number of rotatable bonds is 2. The van der Waals surface area contributed by atoms with Gasteiger partial charge in [-0.1, -0.05) is 19.3 Å². The summed E-state index contributed by atoms with van der Waals surface area (Å²) in [5.74, 6) is 0.561. The van der Waals surface area contributed by atoms with Crippen LogP contribution in [0.5, 0.6) is 0 Å². The average molecular weight is 298 g/mol. The highest BCUT2D eigenvalue weighted by atomic mass is 19.4. The van der Waals surface area contributed by atoms with Crippen molar-refractivity contribution in [1.82, 2.24) is 14.6 Å². The molecule has 0 bridgehead atoms. The second kappa shape index (κ2) is 4.98. The first-order valence-electron chi connectivity index (χ1n) is 7.09. The summed E-state index contributed by atoms with van der Waals surface area (Å²) >= 11 is 0. The summed E-state index contributed by atoms with van der Waals surface area (Å²) in [6.45, 7) is 0.379. The quantitative estimate of drug-likeness (QED) is 0.927. The Morgan fingerprint density at radius 2 is 1.86 bits per heavy atom. The van der Waals surface area contributed by atoms with Crippen molar-refractivity contribution >= 4 is 5.65 Å². The molecule has 4 nitrogen and oxygen atoms in total. The predicted octanol–water partition coefficient (Wildman–Crippen LogP) is 2.91. The Balaban J connectivity index is 2.14. The molecule has 114 valence electrons. The summed E-state index contributed by atoms with van der Waals surface area (Å²) in [6.07, 6.45) is 1.57. The Bertz CT molecular complexity index is 641. The van der Waals surface area contributed by atoms with Gasteiger partial charge in [0.25, 0.3) is 0 Å². The largest absolute Gasteiger partial charge is 0.417 e. The van der Waals surface area contributed by atoms with Gasteiger partial charge in [-0.15, -0.1) is 10.2 Å². The summed E-state index contributed by atoms with van der Waals surface area (Å²) in [6, 6.07) is 2.39. The molecule has 0 radical (unpaired) electrons. The second-order valence-electron chi connectivity index (χ2n) is 5.71. The molecule has 0 aromatic carbocycles. The van der Waals surface area contributed by atoms with Crippen molar-refractivity contribution in [2.45, 2.75) is 43.7 Å². The van der Waals surface area contributed by atoms with E-state index < -0.39 is 11.7 Å². The van der Waals surface area contributed by atoms with Gasteiger partial charge in [-0.05, 0) is 25.0 Å². The van der Waals surface area contributed by atoms with Crippen LogP contribution in [-0.4, -0.2) is 21.1 Å². The lowest BCUT2D eigenvalue weighted by atomic mass is 9.73. The highest BCUT2D eigenvalue weighted by Gasteiger charge is 2.38. The zero-order chi connectivity index (χ0) is 15.1. The standard InChI is InChI=1S/C14H17F3N4/c15-14(16,17)10-4-5-11-19-20-12(21(11)8-10)13(9-18)6-2-1-3-7-13/h4-5,8H,1-3,6-7,9,18H2. The van der Waals surface area contributed by atoms with Gasteiger partial charge in [-0.2, -0.15) is 13.2 Å². The third kappa shape index (κ3) is 2.39. The first-order valence-corrected chi connectivity index (χ1v) is 7.09. The minimum Gasteiger partial charge on any atom is -0.329 e. The molecule has 1 fully saturated rings. The van der Waals surface area contributed by atoms with E-state index >= 15 is 0 Å². The van der Waals surface area contributed by atoms with E-state index in [0.29, 0.717) is 18.0 Å². The van der Waals surface area contributed by atoms with Crippen LogP contribution in [0.15, 0.2) is 18.3 Å². The zero-order valence-corrected chi connectivity index (χ0v) is 11.5. The molecule has 2 N–H and O–H groups in total. The third-order valence-corrected chi connectivity index (χ3v) is 4.41. The molecule has 2 heterocycles. The molecule has 3 rings (SSSR count). The topological polar surface area (TPSA) is 56.2 Å². The molecule has 2 aromatic rings. The Morgan fingerprint density at radius 1 is 1.14 bits per heavy atom. The molecule has 0 amide bonds. The monoisotopic (exact) mass is 298 g/mol. The van der Waals surface area contributed by atoms with Gasteiger partial charge in [0, 0.05) is 18.2 Å². The molecule has 21 heavy (non-hydrogen) atoms. The Labute approximate surface area is 120 Å². The molecule has 1 aliphatic carbocycles. The normalized spacial score (nSPS) is 19.0. The molecule has 0 aliphatic heterocycles.